The number of hydrogen-bond acceptors (Lipinski definition) is 3. The van der Waals surface area contributed by atoms with Crippen LogP contribution < -0.4 is 9.80 Å². The maximum Gasteiger partial charge on any atom is 0.143 e. The summed E-state index contributed by atoms with van der Waals surface area (Å²) < 4.78 is 7.15. The molecule has 11 aromatic rings. The van der Waals surface area contributed by atoms with E-state index in [1.807, 2.05) is 0 Å². The van der Waals surface area contributed by atoms with E-state index in [1.54, 1.807) is 0 Å². The Kier molecular flexibility index (Phi) is 8.94. The lowest BCUT2D eigenvalue weighted by molar-refractivity contribution is 0.676. The number of hydrogen-bond donors (Lipinski definition) is 0. The van der Waals surface area contributed by atoms with Crippen LogP contribution in [-0.4, -0.2) is 0 Å². The normalized spacial score (nSPS) is 11.4. The molecule has 61 heavy (non-hydrogen) atoms. The molecule has 0 fully saturated rings. The molecule has 0 aliphatic heterocycles. The number of fused-ring (bicyclic) bond motifs is 7. The highest BCUT2D eigenvalue weighted by atomic mass is 16.3. The summed E-state index contributed by atoms with van der Waals surface area (Å²) in [5, 5.41) is 6.47. The third-order valence-electron chi connectivity index (χ3n) is 12.0. The largest absolute Gasteiger partial charge is 0.455 e. The molecule has 0 atom stereocenters. The van der Waals surface area contributed by atoms with E-state index in [2.05, 4.69) is 242 Å². The van der Waals surface area contributed by atoms with Crippen molar-refractivity contribution >= 4 is 77.6 Å². The van der Waals surface area contributed by atoms with Gasteiger partial charge < -0.3 is 14.2 Å². The van der Waals surface area contributed by atoms with Crippen LogP contribution >= 0.6 is 0 Å². The fourth-order valence-electron chi connectivity index (χ4n) is 9.02. The van der Waals surface area contributed by atoms with Crippen molar-refractivity contribution in [1.29, 1.82) is 0 Å². The van der Waals surface area contributed by atoms with Gasteiger partial charge in [0.25, 0.3) is 0 Å². The predicted molar refractivity (Wildman–Crippen MR) is 258 cm³/mol. The number of aryl methyl sites for hydroxylation is 2. The van der Waals surface area contributed by atoms with Gasteiger partial charge in [0, 0.05) is 54.8 Å². The summed E-state index contributed by atoms with van der Waals surface area (Å²) in [4.78, 5) is 4.86. The molecule has 0 spiro atoms. The molecule has 0 bridgehead atoms. The zero-order valence-corrected chi connectivity index (χ0v) is 34.1. The van der Waals surface area contributed by atoms with Gasteiger partial charge in [0.1, 0.15) is 11.2 Å². The average Bonchev–Trinajstić information content (AvgIpc) is 3.70. The highest BCUT2D eigenvalue weighted by Crippen LogP contribution is 2.50. The van der Waals surface area contributed by atoms with E-state index in [0.717, 1.165) is 99.9 Å². The Morgan fingerprint density at radius 2 is 0.639 bits per heavy atom. The van der Waals surface area contributed by atoms with Gasteiger partial charge in [-0.3, -0.25) is 0 Å². The van der Waals surface area contributed by atoms with Gasteiger partial charge in [0.15, 0.2) is 0 Å². The molecule has 0 saturated carbocycles. The van der Waals surface area contributed by atoms with E-state index in [1.165, 1.54) is 11.1 Å². The zero-order valence-electron chi connectivity index (χ0n) is 34.1. The third-order valence-corrected chi connectivity index (χ3v) is 12.0. The van der Waals surface area contributed by atoms with Crippen molar-refractivity contribution in [2.45, 2.75) is 13.8 Å². The molecule has 290 valence electrons. The van der Waals surface area contributed by atoms with Crippen LogP contribution in [0.3, 0.4) is 0 Å². The Bertz CT molecular complexity index is 3140. The lowest BCUT2D eigenvalue weighted by Crippen LogP contribution is -2.12. The second-order valence-electron chi connectivity index (χ2n) is 15.8. The first-order valence-electron chi connectivity index (χ1n) is 20.9. The Morgan fingerprint density at radius 1 is 0.295 bits per heavy atom. The molecule has 0 aliphatic carbocycles. The van der Waals surface area contributed by atoms with Crippen molar-refractivity contribution in [3.63, 3.8) is 0 Å². The Morgan fingerprint density at radius 3 is 1.05 bits per heavy atom. The molecule has 0 radical (unpaired) electrons. The van der Waals surface area contributed by atoms with Crippen molar-refractivity contribution in [3.05, 3.63) is 230 Å². The number of anilines is 6. The lowest BCUT2D eigenvalue weighted by atomic mass is 9.97. The molecule has 1 aromatic heterocycles. The van der Waals surface area contributed by atoms with Gasteiger partial charge in [-0.1, -0.05) is 181 Å². The molecule has 0 N–H and O–H groups in total. The fourth-order valence-corrected chi connectivity index (χ4v) is 9.02. The molecule has 0 saturated heterocycles. The molecule has 11 rings (SSSR count). The lowest BCUT2D eigenvalue weighted by Gasteiger charge is -2.29. The molecule has 3 nitrogen and oxygen atoms in total. The minimum absolute atomic E-state index is 0.878. The smallest absolute Gasteiger partial charge is 0.143 e. The maximum atomic E-state index is 7.15. The minimum Gasteiger partial charge on any atom is -0.455 e. The standard InChI is InChI=1S/C58H42N2O/c1-39-29-33-43(34-30-39)59(53-27-15-13-21-45(53)41-17-5-3-6-18-41)55-37-51-52-38-56(48-24-10-12-26-50(48)58(52)61-57(51)49-25-11-9-23-47(49)55)60(44-35-31-40(2)32-36-44)54-28-16-14-22-46(54)42-19-7-4-8-20-42/h3-38H,1-2H3. The van der Waals surface area contributed by atoms with Crippen LogP contribution in [0.15, 0.2) is 223 Å². The molecule has 0 unspecified atom stereocenters. The summed E-state index contributed by atoms with van der Waals surface area (Å²) in [6.45, 7) is 4.29. The molecule has 10 aromatic carbocycles. The van der Waals surface area contributed by atoms with Gasteiger partial charge in [-0.2, -0.15) is 0 Å². The molecule has 3 heteroatoms. The minimum atomic E-state index is 0.878. The SMILES string of the molecule is Cc1ccc(N(c2ccccc2-c2ccccc2)c2cc3c4cc(N(c5ccc(C)cc5)c5ccccc5-c5ccccc5)c5ccccc5c4oc3c3ccccc23)cc1. The summed E-state index contributed by atoms with van der Waals surface area (Å²) >= 11 is 0. The van der Waals surface area contributed by atoms with Crippen LogP contribution in [0.2, 0.25) is 0 Å². The number of rotatable bonds is 8. The second kappa shape index (κ2) is 15.1. The Labute approximate surface area is 356 Å². The average molecular weight is 783 g/mol. The molecule has 0 aliphatic rings. The van der Waals surface area contributed by atoms with Crippen molar-refractivity contribution in [3.8, 4) is 22.3 Å². The van der Waals surface area contributed by atoms with Gasteiger partial charge in [0.2, 0.25) is 0 Å². The van der Waals surface area contributed by atoms with Crippen molar-refractivity contribution < 1.29 is 4.42 Å². The summed E-state index contributed by atoms with van der Waals surface area (Å²) in [5.74, 6) is 0. The van der Waals surface area contributed by atoms with Gasteiger partial charge in [-0.25, -0.2) is 0 Å². The van der Waals surface area contributed by atoms with E-state index >= 15 is 0 Å². The first-order chi connectivity index (χ1) is 30.1. The predicted octanol–water partition coefficient (Wildman–Crippen LogP) is 16.8. The summed E-state index contributed by atoms with van der Waals surface area (Å²) in [6, 6.07) is 78.7. The van der Waals surface area contributed by atoms with Gasteiger partial charge in [0.05, 0.1) is 22.7 Å². The van der Waals surface area contributed by atoms with Crippen LogP contribution in [0.25, 0.3) is 65.7 Å². The highest BCUT2D eigenvalue weighted by Gasteiger charge is 2.26. The van der Waals surface area contributed by atoms with Gasteiger partial charge >= 0.3 is 0 Å². The van der Waals surface area contributed by atoms with Crippen LogP contribution in [0, 0.1) is 13.8 Å². The van der Waals surface area contributed by atoms with Crippen molar-refractivity contribution in [1.82, 2.24) is 0 Å². The fraction of sp³-hybridized carbons (Fsp3) is 0.0345. The summed E-state index contributed by atoms with van der Waals surface area (Å²) in [7, 11) is 0. The van der Waals surface area contributed by atoms with Crippen LogP contribution in [0.4, 0.5) is 34.1 Å². The van der Waals surface area contributed by atoms with Gasteiger partial charge in [-0.05, 0) is 73.5 Å². The van der Waals surface area contributed by atoms with Crippen LogP contribution in [0.5, 0.6) is 0 Å². The van der Waals surface area contributed by atoms with E-state index in [4.69, 9.17) is 4.42 Å². The van der Waals surface area contributed by atoms with E-state index in [-0.39, 0.29) is 0 Å². The molecular formula is C58H42N2O. The first kappa shape index (κ1) is 36.2. The van der Waals surface area contributed by atoms with Crippen LogP contribution in [0.1, 0.15) is 11.1 Å². The van der Waals surface area contributed by atoms with E-state index in [9.17, 15) is 0 Å². The zero-order chi connectivity index (χ0) is 40.9. The molecule has 1 heterocycles. The third kappa shape index (κ3) is 6.30. The molecule has 0 amide bonds. The highest BCUT2D eigenvalue weighted by molar-refractivity contribution is 6.25. The number of furan rings is 1. The number of nitrogens with zero attached hydrogens (tertiary/aromatic N) is 2. The van der Waals surface area contributed by atoms with Crippen LogP contribution in [-0.2, 0) is 0 Å². The van der Waals surface area contributed by atoms with Gasteiger partial charge in [-0.15, -0.1) is 0 Å². The summed E-state index contributed by atoms with van der Waals surface area (Å²) in [5.41, 5.74) is 15.4. The Hall–Kier alpha value is -7.88. The monoisotopic (exact) mass is 782 g/mol. The first-order valence-corrected chi connectivity index (χ1v) is 20.9. The Balaban J connectivity index is 1.24. The molecular weight excluding hydrogens is 741 g/mol. The van der Waals surface area contributed by atoms with Crippen molar-refractivity contribution in [2.75, 3.05) is 9.80 Å². The quantitative estimate of drug-likeness (QED) is 0.153. The number of benzene rings is 10. The second-order valence-corrected chi connectivity index (χ2v) is 15.8. The van der Waals surface area contributed by atoms with E-state index in [0.29, 0.717) is 0 Å². The number of para-hydroxylation sites is 2. The van der Waals surface area contributed by atoms with Crippen molar-refractivity contribution in [2.24, 2.45) is 0 Å². The summed E-state index contributed by atoms with van der Waals surface area (Å²) in [6.07, 6.45) is 0. The topological polar surface area (TPSA) is 19.6 Å². The maximum absolute atomic E-state index is 7.15. The van der Waals surface area contributed by atoms with E-state index < -0.39 is 0 Å².